The van der Waals surface area contributed by atoms with Crippen LogP contribution in [0.2, 0.25) is 0 Å². The highest BCUT2D eigenvalue weighted by molar-refractivity contribution is 5.79. The van der Waals surface area contributed by atoms with Gasteiger partial charge in [-0.05, 0) is 31.1 Å². The Labute approximate surface area is 94.8 Å². The molecule has 1 amide bonds. The molecule has 3 unspecified atom stereocenters. The van der Waals surface area contributed by atoms with Gasteiger partial charge in [0.25, 0.3) is 0 Å². The van der Waals surface area contributed by atoms with Crippen LogP contribution in [0.3, 0.4) is 0 Å². The Morgan fingerprint density at radius 2 is 2.44 bits per heavy atom. The zero-order valence-corrected chi connectivity index (χ0v) is 9.28. The summed E-state index contributed by atoms with van der Waals surface area (Å²) < 4.78 is 0. The van der Waals surface area contributed by atoms with E-state index in [1.807, 2.05) is 0 Å². The van der Waals surface area contributed by atoms with E-state index in [1.54, 1.807) is 12.5 Å². The second-order valence-corrected chi connectivity index (χ2v) is 5.08. The Hall–Kier alpha value is -1.32. The fourth-order valence-corrected chi connectivity index (χ4v) is 3.26. The number of aromatic amines is 1. The second kappa shape index (κ2) is 3.92. The number of carbonyl (C=O) groups is 1. The summed E-state index contributed by atoms with van der Waals surface area (Å²) in [6, 6.07) is 0. The molecule has 2 aliphatic rings. The number of nitrogens with zero attached hydrogens (tertiary/aromatic N) is 1. The molecule has 3 atom stereocenters. The van der Waals surface area contributed by atoms with Gasteiger partial charge in [-0.1, -0.05) is 6.42 Å². The Balaban J connectivity index is 1.54. The second-order valence-electron chi connectivity index (χ2n) is 5.08. The van der Waals surface area contributed by atoms with E-state index in [9.17, 15) is 4.79 Å². The van der Waals surface area contributed by atoms with Gasteiger partial charge < -0.3 is 10.3 Å². The van der Waals surface area contributed by atoms with Gasteiger partial charge in [-0.3, -0.25) is 4.79 Å². The van der Waals surface area contributed by atoms with Crippen LogP contribution >= 0.6 is 0 Å². The van der Waals surface area contributed by atoms with Gasteiger partial charge in [0.1, 0.15) is 0 Å². The highest BCUT2D eigenvalue weighted by Crippen LogP contribution is 2.48. The van der Waals surface area contributed by atoms with Gasteiger partial charge in [0.05, 0.1) is 18.6 Å². The molecule has 1 aromatic heterocycles. The van der Waals surface area contributed by atoms with Crippen LogP contribution in [0.1, 0.15) is 31.4 Å². The molecule has 86 valence electrons. The van der Waals surface area contributed by atoms with Crippen molar-refractivity contribution in [3.63, 3.8) is 0 Å². The van der Waals surface area contributed by atoms with Crippen LogP contribution in [0, 0.1) is 17.8 Å². The van der Waals surface area contributed by atoms with E-state index < -0.39 is 0 Å². The molecule has 4 nitrogen and oxygen atoms in total. The predicted octanol–water partition coefficient (Wildman–Crippen LogP) is 1.46. The van der Waals surface area contributed by atoms with Crippen LogP contribution in [0.15, 0.2) is 12.5 Å². The number of nitrogens with one attached hydrogen (secondary N) is 2. The van der Waals surface area contributed by atoms with Crippen molar-refractivity contribution < 1.29 is 4.79 Å². The summed E-state index contributed by atoms with van der Waals surface area (Å²) in [5, 5.41) is 3.00. The zero-order chi connectivity index (χ0) is 11.0. The van der Waals surface area contributed by atoms with Crippen LogP contribution in [0.25, 0.3) is 0 Å². The summed E-state index contributed by atoms with van der Waals surface area (Å²) in [4.78, 5) is 18.9. The number of hydrogen-bond donors (Lipinski definition) is 2. The van der Waals surface area contributed by atoms with E-state index in [0.717, 1.165) is 18.0 Å². The highest BCUT2D eigenvalue weighted by Gasteiger charge is 2.42. The molecule has 1 aromatic rings. The van der Waals surface area contributed by atoms with E-state index in [4.69, 9.17) is 0 Å². The number of H-pyrrole nitrogens is 1. The summed E-state index contributed by atoms with van der Waals surface area (Å²) in [6.07, 6.45) is 8.38. The lowest BCUT2D eigenvalue weighted by Gasteiger charge is -2.20. The number of amides is 1. The molecule has 2 fully saturated rings. The van der Waals surface area contributed by atoms with Crippen LogP contribution < -0.4 is 5.32 Å². The smallest absolute Gasteiger partial charge is 0.223 e. The first kappa shape index (κ1) is 9.87. The number of imidazole rings is 1. The van der Waals surface area contributed by atoms with Gasteiger partial charge in [0, 0.05) is 12.1 Å². The minimum atomic E-state index is 0.238. The largest absolute Gasteiger partial charge is 0.350 e. The van der Waals surface area contributed by atoms with Crippen LogP contribution in [-0.4, -0.2) is 15.9 Å². The summed E-state index contributed by atoms with van der Waals surface area (Å²) in [5.74, 6) is 2.00. The lowest BCUT2D eigenvalue weighted by molar-refractivity contribution is -0.126. The highest BCUT2D eigenvalue weighted by atomic mass is 16.1. The lowest BCUT2D eigenvalue weighted by atomic mass is 9.88. The van der Waals surface area contributed by atoms with Crippen molar-refractivity contribution in [2.75, 3.05) is 0 Å². The quantitative estimate of drug-likeness (QED) is 0.808. The van der Waals surface area contributed by atoms with Crippen molar-refractivity contribution in [1.29, 1.82) is 0 Å². The molecule has 2 aliphatic carbocycles. The molecule has 0 aliphatic heterocycles. The topological polar surface area (TPSA) is 57.8 Å². The first-order chi connectivity index (χ1) is 7.83. The number of rotatable bonds is 3. The maximum atomic E-state index is 12.0. The van der Waals surface area contributed by atoms with Crippen molar-refractivity contribution in [2.24, 2.45) is 17.8 Å². The van der Waals surface area contributed by atoms with E-state index in [2.05, 4.69) is 15.3 Å². The summed E-state index contributed by atoms with van der Waals surface area (Å²) in [7, 11) is 0. The molecular formula is C12H17N3O. The van der Waals surface area contributed by atoms with Gasteiger partial charge in [-0.2, -0.15) is 0 Å². The van der Waals surface area contributed by atoms with Gasteiger partial charge in [0.15, 0.2) is 0 Å². The van der Waals surface area contributed by atoms with Gasteiger partial charge in [0.2, 0.25) is 5.91 Å². The maximum absolute atomic E-state index is 12.0. The molecule has 0 aromatic carbocycles. The predicted molar refractivity (Wildman–Crippen MR) is 59.4 cm³/mol. The molecule has 4 heteroatoms. The van der Waals surface area contributed by atoms with Crippen molar-refractivity contribution in [3.8, 4) is 0 Å². The van der Waals surface area contributed by atoms with E-state index in [1.165, 1.54) is 19.3 Å². The third-order valence-corrected chi connectivity index (χ3v) is 4.08. The molecule has 0 radical (unpaired) electrons. The minimum Gasteiger partial charge on any atom is -0.350 e. The van der Waals surface area contributed by atoms with Crippen molar-refractivity contribution in [1.82, 2.24) is 15.3 Å². The van der Waals surface area contributed by atoms with E-state index in [-0.39, 0.29) is 11.8 Å². The molecule has 16 heavy (non-hydrogen) atoms. The molecule has 0 saturated heterocycles. The molecule has 1 heterocycles. The molecule has 2 N–H and O–H groups in total. The average Bonchev–Trinajstić information content (AvgIpc) is 3.01. The van der Waals surface area contributed by atoms with Gasteiger partial charge in [-0.25, -0.2) is 4.98 Å². The third-order valence-electron chi connectivity index (χ3n) is 4.08. The van der Waals surface area contributed by atoms with Gasteiger partial charge in [-0.15, -0.1) is 0 Å². The molecule has 3 rings (SSSR count). The monoisotopic (exact) mass is 219 g/mol. The molecule has 0 spiro atoms. The lowest BCUT2D eigenvalue weighted by Crippen LogP contribution is -2.33. The van der Waals surface area contributed by atoms with Crippen LogP contribution in [-0.2, 0) is 11.3 Å². The minimum absolute atomic E-state index is 0.238. The van der Waals surface area contributed by atoms with Crippen molar-refractivity contribution in [3.05, 3.63) is 18.2 Å². The Morgan fingerprint density at radius 1 is 1.50 bits per heavy atom. The molecular weight excluding hydrogens is 202 g/mol. The standard InChI is InChI=1S/C12H17N3O/c16-12(14-6-10-5-13-7-15-10)11-4-8-1-2-9(11)3-8/h5,7-9,11H,1-4,6H2,(H,13,15)(H,14,16). The maximum Gasteiger partial charge on any atom is 0.223 e. The Kier molecular flexibility index (Phi) is 2.42. The SMILES string of the molecule is O=C(NCc1cnc[nH]1)C1CC2CCC1C2. The number of hydrogen-bond acceptors (Lipinski definition) is 2. The normalized spacial score (nSPS) is 31.9. The van der Waals surface area contributed by atoms with Gasteiger partial charge >= 0.3 is 0 Å². The Bertz CT molecular complexity index is 374. The summed E-state index contributed by atoms with van der Waals surface area (Å²) in [6.45, 7) is 0.576. The number of fused-ring (bicyclic) bond motifs is 2. The first-order valence-electron chi connectivity index (χ1n) is 6.08. The van der Waals surface area contributed by atoms with E-state index >= 15 is 0 Å². The molecule has 2 saturated carbocycles. The van der Waals surface area contributed by atoms with Crippen molar-refractivity contribution >= 4 is 5.91 Å². The average molecular weight is 219 g/mol. The summed E-state index contributed by atoms with van der Waals surface area (Å²) in [5.41, 5.74) is 0.969. The molecule has 2 bridgehead atoms. The number of carbonyl (C=O) groups excluding carboxylic acids is 1. The first-order valence-corrected chi connectivity index (χ1v) is 6.08. The van der Waals surface area contributed by atoms with Crippen LogP contribution in [0.5, 0.6) is 0 Å². The summed E-state index contributed by atoms with van der Waals surface area (Å²) >= 11 is 0. The third kappa shape index (κ3) is 1.72. The van der Waals surface area contributed by atoms with E-state index in [0.29, 0.717) is 12.5 Å². The fraction of sp³-hybridized carbons (Fsp3) is 0.667. The van der Waals surface area contributed by atoms with Crippen LogP contribution in [0.4, 0.5) is 0 Å². The fourth-order valence-electron chi connectivity index (χ4n) is 3.26. The number of aromatic nitrogens is 2. The van der Waals surface area contributed by atoms with Crippen molar-refractivity contribution in [2.45, 2.75) is 32.2 Å². The Morgan fingerprint density at radius 3 is 3.06 bits per heavy atom. The zero-order valence-electron chi connectivity index (χ0n) is 9.28.